The van der Waals surface area contributed by atoms with Gasteiger partial charge in [-0.3, -0.25) is 0 Å². The molecule has 0 amide bonds. The lowest BCUT2D eigenvalue weighted by Gasteiger charge is -2.33. The molecule has 0 aliphatic carbocycles. The van der Waals surface area contributed by atoms with Gasteiger partial charge in [-0.2, -0.15) is 9.97 Å². The third-order valence-corrected chi connectivity index (χ3v) is 6.13. The normalized spacial score (nSPS) is 16.0. The number of benzene rings is 2. The summed E-state index contributed by atoms with van der Waals surface area (Å²) in [5, 5.41) is 3.92. The quantitative estimate of drug-likeness (QED) is 0.423. The molecule has 1 N–H and O–H groups in total. The summed E-state index contributed by atoms with van der Waals surface area (Å²) in [5.74, 6) is -0.155. The first-order valence-electron chi connectivity index (χ1n) is 11.3. The molecule has 0 saturated carbocycles. The minimum absolute atomic E-state index is 0.0230. The van der Waals surface area contributed by atoms with E-state index in [1.807, 2.05) is 0 Å². The van der Waals surface area contributed by atoms with Crippen LogP contribution in [0.25, 0.3) is 22.0 Å². The molecule has 1 aliphatic rings. The molecular weight excluding hydrogens is 474 g/mol. The highest BCUT2D eigenvalue weighted by molar-refractivity contribution is 6.34. The van der Waals surface area contributed by atoms with Crippen molar-refractivity contribution in [1.82, 2.24) is 25.3 Å². The van der Waals surface area contributed by atoms with E-state index >= 15 is 4.39 Å². The van der Waals surface area contributed by atoms with E-state index in [1.165, 1.54) is 12.1 Å². The van der Waals surface area contributed by atoms with Gasteiger partial charge in [-0.05, 0) is 25.1 Å². The second-order valence-corrected chi connectivity index (χ2v) is 8.73. The molecule has 7 nitrogen and oxygen atoms in total. The van der Waals surface area contributed by atoms with Crippen molar-refractivity contribution < 1.29 is 13.5 Å². The Bertz CT molecular complexity index is 1360. The first-order valence-corrected chi connectivity index (χ1v) is 11.7. The predicted octanol–water partition coefficient (Wildman–Crippen LogP) is 4.44. The van der Waals surface area contributed by atoms with Gasteiger partial charge in [0.2, 0.25) is 0 Å². The van der Waals surface area contributed by atoms with Crippen molar-refractivity contribution in [3.05, 3.63) is 71.3 Å². The second kappa shape index (κ2) is 10.1. The van der Waals surface area contributed by atoms with Crippen LogP contribution in [0.1, 0.15) is 12.7 Å². The van der Waals surface area contributed by atoms with Crippen LogP contribution in [0.4, 0.5) is 14.6 Å². The van der Waals surface area contributed by atoms with Crippen molar-refractivity contribution in [2.45, 2.75) is 19.4 Å². The molecule has 2 aromatic carbocycles. The number of nitrogens with one attached hydrogen (secondary N) is 1. The Kier molecular flexibility index (Phi) is 6.70. The van der Waals surface area contributed by atoms with Crippen LogP contribution < -0.4 is 15.0 Å². The lowest BCUT2D eigenvalue weighted by Crippen LogP contribution is -2.49. The number of ether oxygens (including phenoxy) is 1. The molecule has 5 rings (SSSR count). The number of nitrogens with zero attached hydrogens (tertiary/aromatic N) is 5. The molecule has 35 heavy (non-hydrogen) atoms. The van der Waals surface area contributed by atoms with Crippen molar-refractivity contribution in [1.29, 1.82) is 0 Å². The first-order chi connectivity index (χ1) is 17.0. The maximum Gasteiger partial charge on any atom is 0.319 e. The zero-order chi connectivity index (χ0) is 24.4. The number of piperazine rings is 1. The van der Waals surface area contributed by atoms with Crippen LogP contribution in [-0.4, -0.2) is 52.2 Å². The lowest BCUT2D eigenvalue weighted by molar-refractivity contribution is 0.294. The summed E-state index contributed by atoms with van der Waals surface area (Å²) in [4.78, 5) is 19.4. The Labute approximate surface area is 206 Å². The lowest BCUT2D eigenvalue weighted by atomic mass is 10.0. The van der Waals surface area contributed by atoms with Crippen LogP contribution in [0, 0.1) is 11.6 Å². The summed E-state index contributed by atoms with van der Waals surface area (Å²) in [6.45, 7) is 4.36. The molecule has 1 unspecified atom stereocenters. The molecule has 0 bridgehead atoms. The monoisotopic (exact) mass is 496 g/mol. The van der Waals surface area contributed by atoms with E-state index in [1.54, 1.807) is 36.7 Å². The molecule has 3 heterocycles. The van der Waals surface area contributed by atoms with E-state index in [9.17, 15) is 4.39 Å². The van der Waals surface area contributed by atoms with Gasteiger partial charge >= 0.3 is 6.01 Å². The Balaban J connectivity index is 1.59. The molecular formula is C25H23ClF2N6O. The van der Waals surface area contributed by atoms with Crippen molar-refractivity contribution in [3.63, 3.8) is 0 Å². The van der Waals surface area contributed by atoms with E-state index in [0.29, 0.717) is 36.5 Å². The fraction of sp³-hybridized carbons (Fsp3) is 0.280. The average molecular weight is 497 g/mol. The number of hydrogen-bond donors (Lipinski definition) is 1. The van der Waals surface area contributed by atoms with E-state index in [0.717, 1.165) is 6.54 Å². The van der Waals surface area contributed by atoms with Gasteiger partial charge in [-0.25, -0.2) is 18.7 Å². The summed E-state index contributed by atoms with van der Waals surface area (Å²) in [7, 11) is 0. The van der Waals surface area contributed by atoms with E-state index < -0.39 is 11.6 Å². The van der Waals surface area contributed by atoms with Crippen LogP contribution >= 0.6 is 11.6 Å². The number of anilines is 1. The molecule has 2 aromatic heterocycles. The first kappa shape index (κ1) is 23.3. The summed E-state index contributed by atoms with van der Waals surface area (Å²) in [6, 6.07) is 9.50. The third kappa shape index (κ3) is 4.87. The summed E-state index contributed by atoms with van der Waals surface area (Å²) in [6.07, 6.45) is 3.75. The number of fused-ring (bicyclic) bond motifs is 1. The van der Waals surface area contributed by atoms with Crippen LogP contribution in [0.15, 0.2) is 48.8 Å². The second-order valence-electron chi connectivity index (χ2n) is 8.32. The number of hydrogen-bond acceptors (Lipinski definition) is 7. The number of halogens is 3. The van der Waals surface area contributed by atoms with Crippen LogP contribution in [0.3, 0.4) is 0 Å². The summed E-state index contributed by atoms with van der Waals surface area (Å²) >= 11 is 6.51. The SMILES string of the molecule is CC1CN(c2nc(OCCc3ncccn3)nc3c(F)c(-c4ccccc4F)c(Cl)cc23)CCN1. The summed E-state index contributed by atoms with van der Waals surface area (Å²) < 4.78 is 36.3. The van der Waals surface area contributed by atoms with Gasteiger partial charge in [0.25, 0.3) is 0 Å². The maximum absolute atomic E-state index is 15.9. The zero-order valence-corrected chi connectivity index (χ0v) is 19.8. The summed E-state index contributed by atoms with van der Waals surface area (Å²) in [5.41, 5.74) is 0.0468. The fourth-order valence-electron chi connectivity index (χ4n) is 4.19. The Morgan fingerprint density at radius 1 is 1.14 bits per heavy atom. The van der Waals surface area contributed by atoms with Gasteiger partial charge in [0.1, 0.15) is 23.0 Å². The van der Waals surface area contributed by atoms with Gasteiger partial charge in [-0.15, -0.1) is 0 Å². The largest absolute Gasteiger partial charge is 0.463 e. The van der Waals surface area contributed by atoms with Crippen molar-refractivity contribution in [2.75, 3.05) is 31.1 Å². The Morgan fingerprint density at radius 2 is 1.94 bits per heavy atom. The third-order valence-electron chi connectivity index (χ3n) is 5.83. The molecule has 1 atom stereocenters. The predicted molar refractivity (Wildman–Crippen MR) is 131 cm³/mol. The molecule has 0 spiro atoms. The molecule has 1 aliphatic heterocycles. The highest BCUT2D eigenvalue weighted by atomic mass is 35.5. The number of rotatable bonds is 6. The number of aromatic nitrogens is 4. The molecule has 1 saturated heterocycles. The highest BCUT2D eigenvalue weighted by Crippen LogP contribution is 2.39. The van der Waals surface area contributed by atoms with Gasteiger partial charge < -0.3 is 15.0 Å². The molecule has 0 radical (unpaired) electrons. The van der Waals surface area contributed by atoms with Crippen LogP contribution in [0.5, 0.6) is 6.01 Å². The van der Waals surface area contributed by atoms with Gasteiger partial charge in [0, 0.05) is 61.0 Å². The molecule has 4 aromatic rings. The van der Waals surface area contributed by atoms with Crippen LogP contribution in [-0.2, 0) is 6.42 Å². The zero-order valence-electron chi connectivity index (χ0n) is 19.0. The van der Waals surface area contributed by atoms with Crippen molar-refractivity contribution in [3.8, 4) is 17.1 Å². The molecule has 180 valence electrons. The standard InChI is InChI=1S/C25H23ClF2N6O/c1-15-14-34(11-10-29-15)24-17-13-18(26)21(16-5-2-3-6-19(16)27)22(28)23(17)32-25(33-24)35-12-7-20-30-8-4-9-31-20/h2-6,8-9,13,15,29H,7,10-12,14H2,1H3. The minimum Gasteiger partial charge on any atom is -0.463 e. The molecule has 1 fully saturated rings. The highest BCUT2D eigenvalue weighted by Gasteiger charge is 2.25. The minimum atomic E-state index is -0.722. The van der Waals surface area contributed by atoms with E-state index in [-0.39, 0.29) is 40.3 Å². The average Bonchev–Trinajstić information content (AvgIpc) is 2.86. The molecule has 10 heteroatoms. The van der Waals surface area contributed by atoms with E-state index in [2.05, 4.69) is 37.1 Å². The Morgan fingerprint density at radius 3 is 2.71 bits per heavy atom. The van der Waals surface area contributed by atoms with Gasteiger partial charge in [0.15, 0.2) is 5.82 Å². The topological polar surface area (TPSA) is 76.1 Å². The van der Waals surface area contributed by atoms with E-state index in [4.69, 9.17) is 16.3 Å². The van der Waals surface area contributed by atoms with Gasteiger partial charge in [-0.1, -0.05) is 29.8 Å². The van der Waals surface area contributed by atoms with Crippen molar-refractivity contribution in [2.24, 2.45) is 0 Å². The maximum atomic E-state index is 15.9. The smallest absolute Gasteiger partial charge is 0.319 e. The Hall–Kier alpha value is -3.43. The fourth-order valence-corrected chi connectivity index (χ4v) is 4.49. The van der Waals surface area contributed by atoms with Crippen LogP contribution in [0.2, 0.25) is 5.02 Å². The van der Waals surface area contributed by atoms with Gasteiger partial charge in [0.05, 0.1) is 11.6 Å². The van der Waals surface area contributed by atoms with Crippen molar-refractivity contribution >= 4 is 28.3 Å².